The Balaban J connectivity index is 1.86. The van der Waals surface area contributed by atoms with E-state index >= 15 is 0 Å². The lowest BCUT2D eigenvalue weighted by atomic mass is 10.1. The van der Waals surface area contributed by atoms with Gasteiger partial charge in [0.2, 0.25) is 0 Å². The fraction of sp³-hybridized carbons (Fsp3) is 0.208. The van der Waals surface area contributed by atoms with E-state index in [1.54, 1.807) is 7.11 Å². The second-order valence-corrected chi connectivity index (χ2v) is 9.92. The Hall–Kier alpha value is -3.22. The molecule has 3 aromatic rings. The number of hydrogen-bond acceptors (Lipinski definition) is 3. The average molecular weight is 417 g/mol. The summed E-state index contributed by atoms with van der Waals surface area (Å²) < 4.78 is 24.3. The second-order valence-electron chi connectivity index (χ2n) is 7.16. The number of benzene rings is 3. The van der Waals surface area contributed by atoms with Gasteiger partial charge in [-0.1, -0.05) is 48.5 Å². The highest BCUT2D eigenvalue weighted by atomic mass is 31.2. The van der Waals surface area contributed by atoms with Crippen LogP contribution in [0.5, 0.6) is 5.75 Å². The molecular formula is C24H24N3O2P. The minimum atomic E-state index is -3.20. The molecule has 30 heavy (non-hydrogen) atoms. The van der Waals surface area contributed by atoms with Crippen molar-refractivity contribution in [3.05, 3.63) is 90.5 Å². The summed E-state index contributed by atoms with van der Waals surface area (Å²) in [4.78, 5) is 0. The highest BCUT2D eigenvalue weighted by molar-refractivity contribution is 7.68. The fourth-order valence-electron chi connectivity index (χ4n) is 4.08. The van der Waals surface area contributed by atoms with Crippen molar-refractivity contribution in [2.45, 2.75) is 12.1 Å². The first-order valence-electron chi connectivity index (χ1n) is 9.95. The molecular weight excluding hydrogens is 393 g/mol. The van der Waals surface area contributed by atoms with E-state index < -0.39 is 13.1 Å². The zero-order valence-electron chi connectivity index (χ0n) is 16.9. The zero-order valence-corrected chi connectivity index (χ0v) is 17.8. The largest absolute Gasteiger partial charge is 0.497 e. The molecule has 0 radical (unpaired) electrons. The van der Waals surface area contributed by atoms with E-state index in [1.165, 1.54) is 0 Å². The number of anilines is 2. The molecule has 3 aromatic carbocycles. The third kappa shape index (κ3) is 3.56. The van der Waals surface area contributed by atoms with Crippen LogP contribution in [0.1, 0.15) is 17.6 Å². The monoisotopic (exact) mass is 417 g/mol. The number of methoxy groups -OCH3 is 1. The Morgan fingerprint density at radius 3 is 1.83 bits per heavy atom. The molecule has 0 bridgehead atoms. The van der Waals surface area contributed by atoms with Crippen LogP contribution in [-0.4, -0.2) is 20.2 Å². The fourth-order valence-corrected chi connectivity index (χ4v) is 7.57. The lowest BCUT2D eigenvalue weighted by molar-refractivity contribution is 0.414. The Kier molecular flexibility index (Phi) is 5.79. The molecule has 0 amide bonds. The number of nitrogens with zero attached hydrogens (tertiary/aromatic N) is 3. The second kappa shape index (κ2) is 8.65. The number of hydrogen-bond donors (Lipinski definition) is 0. The van der Waals surface area contributed by atoms with E-state index in [0.29, 0.717) is 13.1 Å². The van der Waals surface area contributed by atoms with E-state index in [9.17, 15) is 9.83 Å². The summed E-state index contributed by atoms with van der Waals surface area (Å²) in [7, 11) is -1.58. The molecule has 1 aliphatic heterocycles. The maximum Gasteiger partial charge on any atom is 0.271 e. The van der Waals surface area contributed by atoms with E-state index in [1.807, 2.05) is 94.3 Å². The van der Waals surface area contributed by atoms with Gasteiger partial charge >= 0.3 is 0 Å². The van der Waals surface area contributed by atoms with Crippen LogP contribution in [0, 0.1) is 11.3 Å². The summed E-state index contributed by atoms with van der Waals surface area (Å²) in [5, 5.41) is 9.65. The summed E-state index contributed by atoms with van der Waals surface area (Å²) in [5.74, 6) is 0.735. The van der Waals surface area contributed by atoms with E-state index in [0.717, 1.165) is 22.7 Å². The summed E-state index contributed by atoms with van der Waals surface area (Å²) in [5.41, 5.74) is 2.26. The Morgan fingerprint density at radius 2 is 1.40 bits per heavy atom. The average Bonchev–Trinajstić information content (AvgIpc) is 3.16. The maximum absolute atomic E-state index is 15.0. The first-order valence-corrected chi connectivity index (χ1v) is 11.6. The van der Waals surface area contributed by atoms with Gasteiger partial charge < -0.3 is 14.1 Å². The van der Waals surface area contributed by atoms with Crippen molar-refractivity contribution in [1.82, 2.24) is 0 Å². The van der Waals surface area contributed by atoms with Crippen molar-refractivity contribution >= 4 is 18.8 Å². The summed E-state index contributed by atoms with van der Waals surface area (Å²) >= 11 is 0. The molecule has 1 unspecified atom stereocenters. The third-order valence-corrected chi connectivity index (χ3v) is 9.05. The van der Waals surface area contributed by atoms with Crippen LogP contribution in [0.4, 0.5) is 11.4 Å². The van der Waals surface area contributed by atoms with Crippen molar-refractivity contribution in [2.75, 3.05) is 29.5 Å². The van der Waals surface area contributed by atoms with Crippen molar-refractivity contribution in [1.29, 1.82) is 5.26 Å². The predicted octanol–water partition coefficient (Wildman–Crippen LogP) is 5.87. The molecule has 0 spiro atoms. The van der Waals surface area contributed by atoms with Gasteiger partial charge in [0, 0.05) is 24.5 Å². The van der Waals surface area contributed by atoms with E-state index in [2.05, 4.69) is 6.07 Å². The van der Waals surface area contributed by atoms with Crippen LogP contribution < -0.4 is 14.1 Å². The van der Waals surface area contributed by atoms with E-state index in [-0.39, 0.29) is 6.42 Å². The Labute approximate surface area is 177 Å². The molecule has 1 saturated heterocycles. The summed E-state index contributed by atoms with van der Waals surface area (Å²) in [6.07, 6.45) is 0.163. The first-order chi connectivity index (χ1) is 14.7. The van der Waals surface area contributed by atoms with Crippen molar-refractivity contribution in [2.24, 2.45) is 0 Å². The molecule has 0 saturated carbocycles. The van der Waals surface area contributed by atoms with Crippen LogP contribution in [0.25, 0.3) is 0 Å². The number of para-hydroxylation sites is 2. The molecule has 5 nitrogen and oxygen atoms in total. The third-order valence-electron chi connectivity index (χ3n) is 5.52. The van der Waals surface area contributed by atoms with Crippen molar-refractivity contribution in [3.8, 4) is 11.8 Å². The van der Waals surface area contributed by atoms with Crippen LogP contribution in [0.3, 0.4) is 0 Å². The summed E-state index contributed by atoms with van der Waals surface area (Å²) in [6.45, 7) is 1.27. The van der Waals surface area contributed by atoms with Crippen LogP contribution >= 0.6 is 7.44 Å². The minimum absolute atomic E-state index is 0.163. The number of rotatable bonds is 6. The van der Waals surface area contributed by atoms with Gasteiger partial charge in [-0.25, -0.2) is 0 Å². The molecule has 4 rings (SSSR count). The van der Waals surface area contributed by atoms with Crippen LogP contribution in [0.15, 0.2) is 84.9 Å². The quantitative estimate of drug-likeness (QED) is 0.470. The molecule has 6 heteroatoms. The van der Waals surface area contributed by atoms with Gasteiger partial charge in [0.1, 0.15) is 5.75 Å². The predicted molar refractivity (Wildman–Crippen MR) is 121 cm³/mol. The Morgan fingerprint density at radius 1 is 0.900 bits per heavy atom. The maximum atomic E-state index is 15.0. The highest BCUT2D eigenvalue weighted by Crippen LogP contribution is 2.69. The van der Waals surface area contributed by atoms with Crippen LogP contribution in [0.2, 0.25) is 0 Å². The molecule has 0 aromatic heterocycles. The standard InChI is InChI=1S/C24H24N3O2P/c1-29-23-14-12-20(13-15-23)24(16-17-25)30(28)26(21-8-4-2-5-9-21)18-19-27(30)22-10-6-3-7-11-22/h2-15,24H,16,18-19H2,1H3. The molecule has 152 valence electrons. The number of nitriles is 1. The summed E-state index contributed by atoms with van der Waals surface area (Å²) in [6, 6.07) is 29.5. The number of ether oxygens (including phenoxy) is 1. The Bertz CT molecular complexity index is 1010. The topological polar surface area (TPSA) is 56.6 Å². The SMILES string of the molecule is COc1ccc(C(CC#N)P2(=O)N(c3ccccc3)CCN2c2ccccc2)cc1. The van der Waals surface area contributed by atoms with Gasteiger partial charge in [0.25, 0.3) is 7.44 Å². The van der Waals surface area contributed by atoms with Crippen molar-refractivity contribution < 1.29 is 9.30 Å². The lowest BCUT2D eigenvalue weighted by Crippen LogP contribution is -2.24. The zero-order chi connectivity index (χ0) is 21.0. The van der Waals surface area contributed by atoms with Crippen LogP contribution in [-0.2, 0) is 4.57 Å². The molecule has 0 N–H and O–H groups in total. The van der Waals surface area contributed by atoms with Gasteiger partial charge in [-0.2, -0.15) is 5.26 Å². The molecule has 1 atom stereocenters. The molecule has 1 aliphatic rings. The first kappa shape index (κ1) is 20.1. The smallest absolute Gasteiger partial charge is 0.271 e. The van der Waals surface area contributed by atoms with E-state index in [4.69, 9.17) is 4.74 Å². The van der Waals surface area contributed by atoms with Crippen molar-refractivity contribution in [3.63, 3.8) is 0 Å². The molecule has 1 fully saturated rings. The molecule has 1 heterocycles. The lowest BCUT2D eigenvalue weighted by Gasteiger charge is -2.37. The highest BCUT2D eigenvalue weighted by Gasteiger charge is 2.49. The van der Waals surface area contributed by atoms with Gasteiger partial charge in [0.05, 0.1) is 25.3 Å². The molecule has 0 aliphatic carbocycles. The van der Waals surface area contributed by atoms with Gasteiger partial charge in [-0.15, -0.1) is 0 Å². The normalized spacial score (nSPS) is 16.1. The van der Waals surface area contributed by atoms with Gasteiger partial charge in [-0.3, -0.25) is 4.57 Å². The van der Waals surface area contributed by atoms with Gasteiger partial charge in [0.15, 0.2) is 0 Å². The van der Waals surface area contributed by atoms with Gasteiger partial charge in [-0.05, 0) is 42.0 Å². The minimum Gasteiger partial charge on any atom is -0.497 e.